The zero-order valence-electron chi connectivity index (χ0n) is 18.9. The summed E-state index contributed by atoms with van der Waals surface area (Å²) in [6.07, 6.45) is 1.86. The highest BCUT2D eigenvalue weighted by Crippen LogP contribution is 2.45. The summed E-state index contributed by atoms with van der Waals surface area (Å²) in [4.78, 5) is 7.00. The van der Waals surface area contributed by atoms with Gasteiger partial charge in [0.1, 0.15) is 10.8 Å². The second kappa shape index (κ2) is 8.12. The molecular weight excluding hydrogens is 446 g/mol. The minimum atomic E-state index is 0.905. The molecule has 0 aliphatic carbocycles. The summed E-state index contributed by atoms with van der Waals surface area (Å²) < 4.78 is 3.64. The molecule has 7 rings (SSSR count). The Morgan fingerprint density at radius 2 is 1.40 bits per heavy atom. The molecule has 0 radical (unpaired) electrons. The topological polar surface area (TPSA) is 21.1 Å². The normalized spacial score (nSPS) is 11.4. The molecule has 7 aromatic rings. The van der Waals surface area contributed by atoms with Gasteiger partial charge < -0.3 is 4.57 Å². The zero-order chi connectivity index (χ0) is 23.2. The van der Waals surface area contributed by atoms with Crippen molar-refractivity contribution in [2.45, 2.75) is 0 Å². The van der Waals surface area contributed by atoms with E-state index < -0.39 is 0 Å². The van der Waals surface area contributed by atoms with Crippen LogP contribution in [-0.2, 0) is 0 Å². The predicted octanol–water partition coefficient (Wildman–Crippen LogP) is 8.86. The lowest BCUT2D eigenvalue weighted by Crippen LogP contribution is -2.09. The van der Waals surface area contributed by atoms with Crippen molar-refractivity contribution < 1.29 is 0 Å². The van der Waals surface area contributed by atoms with Crippen molar-refractivity contribution in [3.8, 4) is 5.69 Å². The average molecular weight is 468 g/mol. The molecule has 0 N–H and O–H groups in total. The van der Waals surface area contributed by atoms with Crippen LogP contribution in [0.25, 0.3) is 37.6 Å². The second-order valence-corrected chi connectivity index (χ2v) is 9.57. The number of rotatable bonds is 4. The first-order valence-electron chi connectivity index (χ1n) is 11.7. The molecule has 0 fully saturated rings. The van der Waals surface area contributed by atoms with E-state index in [0.717, 1.165) is 22.2 Å². The van der Waals surface area contributed by atoms with Gasteiger partial charge in [0.2, 0.25) is 0 Å². The largest absolute Gasteiger partial charge is 0.308 e. The van der Waals surface area contributed by atoms with Crippen molar-refractivity contribution in [3.05, 3.63) is 128 Å². The van der Waals surface area contributed by atoms with E-state index in [4.69, 9.17) is 4.98 Å². The van der Waals surface area contributed by atoms with E-state index in [9.17, 15) is 0 Å². The van der Waals surface area contributed by atoms with Crippen molar-refractivity contribution in [2.75, 3.05) is 4.90 Å². The molecule has 0 spiro atoms. The first kappa shape index (κ1) is 20.0. The predicted molar refractivity (Wildman–Crippen MR) is 149 cm³/mol. The smallest absolute Gasteiger partial charge is 0.138 e. The molecule has 35 heavy (non-hydrogen) atoms. The number of fused-ring (bicyclic) bond motifs is 4. The third-order valence-corrected chi connectivity index (χ3v) is 7.58. The third-order valence-electron chi connectivity index (χ3n) is 6.43. The average Bonchev–Trinajstić information content (AvgIpc) is 3.47. The van der Waals surface area contributed by atoms with Crippen LogP contribution in [0.15, 0.2) is 128 Å². The molecule has 0 unspecified atom stereocenters. The first-order valence-corrected chi connectivity index (χ1v) is 12.5. The van der Waals surface area contributed by atoms with E-state index >= 15 is 0 Å². The fraction of sp³-hybridized carbons (Fsp3) is 0. The van der Waals surface area contributed by atoms with Gasteiger partial charge in [-0.25, -0.2) is 4.98 Å². The molecule has 0 saturated heterocycles. The maximum atomic E-state index is 4.74. The van der Waals surface area contributed by atoms with Crippen LogP contribution in [0, 0.1) is 0 Å². The van der Waals surface area contributed by atoms with Gasteiger partial charge in [-0.05, 0) is 59.3 Å². The number of benzene rings is 4. The number of thiophene rings is 1. The monoisotopic (exact) mass is 467 g/mol. The summed E-state index contributed by atoms with van der Waals surface area (Å²) >= 11 is 1.81. The lowest BCUT2D eigenvalue weighted by atomic mass is 10.1. The number of para-hydroxylation sites is 2. The molecule has 0 saturated carbocycles. The Hall–Kier alpha value is -4.41. The quantitative estimate of drug-likeness (QED) is 0.258. The van der Waals surface area contributed by atoms with E-state index in [-0.39, 0.29) is 0 Å². The molecule has 3 heterocycles. The number of pyridine rings is 1. The van der Waals surface area contributed by atoms with Crippen LogP contribution in [0.1, 0.15) is 0 Å². The molecule has 4 aromatic carbocycles. The lowest BCUT2D eigenvalue weighted by Gasteiger charge is -2.22. The molecule has 4 heteroatoms. The van der Waals surface area contributed by atoms with Gasteiger partial charge in [0.15, 0.2) is 0 Å². The molecule has 0 amide bonds. The third kappa shape index (κ3) is 3.30. The lowest BCUT2D eigenvalue weighted by molar-refractivity contribution is 1.17. The Bertz CT molecular complexity index is 1800. The van der Waals surface area contributed by atoms with Crippen molar-refractivity contribution in [1.82, 2.24) is 9.55 Å². The van der Waals surface area contributed by atoms with Crippen LogP contribution >= 0.6 is 11.3 Å². The fourth-order valence-electron chi connectivity index (χ4n) is 4.86. The van der Waals surface area contributed by atoms with Crippen molar-refractivity contribution in [3.63, 3.8) is 0 Å². The van der Waals surface area contributed by atoms with E-state index in [1.807, 2.05) is 29.7 Å². The Morgan fingerprint density at radius 3 is 2.26 bits per heavy atom. The maximum absolute atomic E-state index is 4.74. The van der Waals surface area contributed by atoms with Crippen molar-refractivity contribution >= 4 is 59.7 Å². The highest BCUT2D eigenvalue weighted by molar-refractivity contribution is 7.24. The van der Waals surface area contributed by atoms with E-state index in [0.29, 0.717) is 0 Å². The Labute approximate surface area is 207 Å². The fourth-order valence-corrected chi connectivity index (χ4v) is 6.07. The summed E-state index contributed by atoms with van der Waals surface area (Å²) in [5.74, 6) is 0.905. The van der Waals surface area contributed by atoms with Crippen LogP contribution in [0.4, 0.5) is 16.5 Å². The first-order chi connectivity index (χ1) is 17.4. The highest BCUT2D eigenvalue weighted by Gasteiger charge is 2.21. The minimum absolute atomic E-state index is 0.905. The van der Waals surface area contributed by atoms with Gasteiger partial charge in [0, 0.05) is 23.0 Å². The Kier molecular flexibility index (Phi) is 4.64. The molecular formula is C31H21N3S. The van der Waals surface area contributed by atoms with Gasteiger partial charge in [-0.2, -0.15) is 0 Å². The van der Waals surface area contributed by atoms with Crippen LogP contribution < -0.4 is 4.90 Å². The van der Waals surface area contributed by atoms with E-state index in [1.165, 1.54) is 31.9 Å². The van der Waals surface area contributed by atoms with Gasteiger partial charge in [0.25, 0.3) is 0 Å². The summed E-state index contributed by atoms with van der Waals surface area (Å²) in [5, 5.41) is 4.85. The second-order valence-electron chi connectivity index (χ2n) is 8.54. The highest BCUT2D eigenvalue weighted by atomic mass is 32.1. The molecule has 166 valence electrons. The maximum Gasteiger partial charge on any atom is 0.138 e. The van der Waals surface area contributed by atoms with E-state index in [1.54, 1.807) is 0 Å². The minimum Gasteiger partial charge on any atom is -0.308 e. The Morgan fingerprint density at radius 1 is 0.629 bits per heavy atom. The Balaban J connectivity index is 1.49. The van der Waals surface area contributed by atoms with Crippen LogP contribution in [0.3, 0.4) is 0 Å². The summed E-state index contributed by atoms with van der Waals surface area (Å²) in [6, 6.07) is 42.7. The summed E-state index contributed by atoms with van der Waals surface area (Å²) in [6.45, 7) is 0. The molecule has 3 nitrogen and oxygen atoms in total. The van der Waals surface area contributed by atoms with Gasteiger partial charge in [-0.15, -0.1) is 11.3 Å². The number of anilines is 3. The number of aromatic nitrogens is 2. The van der Waals surface area contributed by atoms with Gasteiger partial charge in [-0.3, -0.25) is 4.90 Å². The summed E-state index contributed by atoms with van der Waals surface area (Å²) in [5.41, 5.74) is 4.70. The number of nitrogens with zero attached hydrogens (tertiary/aromatic N) is 3. The van der Waals surface area contributed by atoms with Gasteiger partial charge in [0.05, 0.1) is 15.7 Å². The molecule has 3 aromatic heterocycles. The van der Waals surface area contributed by atoms with Crippen molar-refractivity contribution in [1.29, 1.82) is 0 Å². The van der Waals surface area contributed by atoms with Crippen molar-refractivity contribution in [2.24, 2.45) is 0 Å². The van der Waals surface area contributed by atoms with E-state index in [2.05, 4.69) is 119 Å². The molecule has 0 aliphatic rings. The molecule has 0 aliphatic heterocycles. The van der Waals surface area contributed by atoms with Crippen LogP contribution in [-0.4, -0.2) is 9.55 Å². The standard InChI is InChI=1S/C31H21N3S/c1-2-12-24(13-3-1)33-27-15-7-6-14-26(27)31-28(33)21-30(35-31)34(29-16-8-9-19-32-29)25-18-17-22-10-4-5-11-23(22)20-25/h1-21H. The zero-order valence-corrected chi connectivity index (χ0v) is 19.7. The SMILES string of the molecule is c1ccc(-n2c3ccccc3c3sc(N(c4ccc5ccccc5c4)c4ccccn4)cc32)cc1. The molecule has 0 atom stereocenters. The summed E-state index contributed by atoms with van der Waals surface area (Å²) in [7, 11) is 0. The molecule has 0 bridgehead atoms. The number of hydrogen-bond donors (Lipinski definition) is 0. The van der Waals surface area contributed by atoms with Gasteiger partial charge >= 0.3 is 0 Å². The van der Waals surface area contributed by atoms with Crippen LogP contribution in [0.5, 0.6) is 0 Å². The number of hydrogen-bond acceptors (Lipinski definition) is 3. The van der Waals surface area contributed by atoms with Gasteiger partial charge in [-0.1, -0.05) is 72.8 Å². The van der Waals surface area contributed by atoms with Crippen LogP contribution in [0.2, 0.25) is 0 Å².